The average molecular weight is 327 g/mol. The highest BCUT2D eigenvalue weighted by Crippen LogP contribution is 2.35. The molecule has 4 aliphatic rings. The molecule has 2 atom stereocenters. The molecule has 0 aromatic carbocycles. The number of amides is 2. The van der Waals surface area contributed by atoms with Crippen LogP contribution in [0.25, 0.3) is 0 Å². The Kier molecular flexibility index (Phi) is 3.23. The number of carbonyl (C=O) groups excluding carboxylic acids is 2. The number of sulfonamides is 1. The van der Waals surface area contributed by atoms with Gasteiger partial charge in [0.1, 0.15) is 0 Å². The molecule has 2 heterocycles. The predicted octanol–water partition coefficient (Wildman–Crippen LogP) is -0.710. The number of rotatable bonds is 3. The molecule has 8 heteroatoms. The van der Waals surface area contributed by atoms with Crippen LogP contribution in [-0.2, 0) is 19.6 Å². The van der Waals surface area contributed by atoms with Crippen molar-refractivity contribution in [2.45, 2.75) is 50.2 Å². The average Bonchev–Trinajstić information content (AvgIpc) is 3.33. The fourth-order valence-electron chi connectivity index (χ4n) is 3.51. The highest BCUT2D eigenvalue weighted by atomic mass is 32.2. The molecule has 1 N–H and O–H groups in total. The normalized spacial score (nSPS) is 35.1. The van der Waals surface area contributed by atoms with Crippen molar-refractivity contribution in [1.82, 2.24) is 14.5 Å². The molecule has 0 aromatic heterocycles. The van der Waals surface area contributed by atoms with Crippen LogP contribution >= 0.6 is 0 Å². The number of hydrogen-bond acceptors (Lipinski definition) is 5. The molecule has 0 bridgehead atoms. The van der Waals surface area contributed by atoms with Gasteiger partial charge in [-0.2, -0.15) is 0 Å². The Balaban J connectivity index is 1.49. The number of nitrogens with zero attached hydrogens (tertiary/aromatic N) is 2. The summed E-state index contributed by atoms with van der Waals surface area (Å²) in [4.78, 5) is 26.5. The third-order valence-corrected chi connectivity index (χ3v) is 6.79. The monoisotopic (exact) mass is 327 g/mol. The Hall–Kier alpha value is -1.15. The fraction of sp³-hybridized carbons (Fsp3) is 0.857. The summed E-state index contributed by atoms with van der Waals surface area (Å²) in [6.45, 7) is 0.945. The maximum atomic E-state index is 12.7. The SMILES string of the molecule is O=C(N[C@H]1C[C@H]2C(=O)N(C3CC3)S(=O)(=O)CCN2C1)C1CC1. The van der Waals surface area contributed by atoms with Gasteiger partial charge < -0.3 is 5.32 Å². The third kappa shape index (κ3) is 2.52. The summed E-state index contributed by atoms with van der Waals surface area (Å²) in [6, 6.07) is -0.566. The van der Waals surface area contributed by atoms with Crippen LogP contribution in [-0.4, -0.2) is 66.4 Å². The zero-order valence-corrected chi connectivity index (χ0v) is 13.2. The summed E-state index contributed by atoms with van der Waals surface area (Å²) in [5.74, 6) is -0.0564. The van der Waals surface area contributed by atoms with Crippen molar-refractivity contribution in [2.75, 3.05) is 18.8 Å². The quantitative estimate of drug-likeness (QED) is 0.740. The van der Waals surface area contributed by atoms with Gasteiger partial charge in [-0.15, -0.1) is 0 Å². The van der Waals surface area contributed by atoms with E-state index in [2.05, 4.69) is 5.32 Å². The molecular weight excluding hydrogens is 306 g/mol. The summed E-state index contributed by atoms with van der Waals surface area (Å²) in [6.07, 6.45) is 3.99. The molecule has 2 saturated carbocycles. The number of nitrogens with one attached hydrogen (secondary N) is 1. The van der Waals surface area contributed by atoms with Crippen LogP contribution in [0.1, 0.15) is 32.1 Å². The predicted molar refractivity (Wildman–Crippen MR) is 78.3 cm³/mol. The van der Waals surface area contributed by atoms with Crippen LogP contribution in [0.5, 0.6) is 0 Å². The lowest BCUT2D eigenvalue weighted by Gasteiger charge is -2.23. The smallest absolute Gasteiger partial charge is 0.253 e. The first-order chi connectivity index (χ1) is 10.5. The lowest BCUT2D eigenvalue weighted by molar-refractivity contribution is -0.131. The second-order valence-corrected chi connectivity index (χ2v) is 8.87. The lowest BCUT2D eigenvalue weighted by atomic mass is 10.1. The van der Waals surface area contributed by atoms with Crippen LogP contribution in [0.3, 0.4) is 0 Å². The van der Waals surface area contributed by atoms with Crippen molar-refractivity contribution in [2.24, 2.45) is 5.92 Å². The molecular formula is C14H21N3O4S. The standard InChI is InChI=1S/C14H21N3O4S/c18-13(9-1-2-9)15-10-7-12-14(19)17(11-3-4-11)22(20,21)6-5-16(12)8-10/h9-12H,1-8H2,(H,15,18)/t10-,12-/m0/s1. The van der Waals surface area contributed by atoms with Gasteiger partial charge in [-0.1, -0.05) is 0 Å². The zero-order chi connectivity index (χ0) is 15.5. The minimum absolute atomic E-state index is 0.00493. The van der Waals surface area contributed by atoms with E-state index in [1.54, 1.807) is 0 Å². The molecule has 122 valence electrons. The van der Waals surface area contributed by atoms with Crippen molar-refractivity contribution >= 4 is 21.8 Å². The molecule has 2 amide bonds. The summed E-state index contributed by atoms with van der Waals surface area (Å²) in [5, 5.41) is 3.02. The molecule has 0 radical (unpaired) electrons. The van der Waals surface area contributed by atoms with Crippen LogP contribution in [0.2, 0.25) is 0 Å². The van der Waals surface area contributed by atoms with E-state index in [-0.39, 0.29) is 35.6 Å². The first-order valence-corrected chi connectivity index (χ1v) is 9.67. The van der Waals surface area contributed by atoms with Crippen LogP contribution in [0.4, 0.5) is 0 Å². The van der Waals surface area contributed by atoms with Crippen molar-refractivity contribution in [3.05, 3.63) is 0 Å². The first kappa shape index (κ1) is 14.4. The van der Waals surface area contributed by atoms with Crippen LogP contribution in [0.15, 0.2) is 0 Å². The van der Waals surface area contributed by atoms with Gasteiger partial charge in [-0.25, -0.2) is 12.7 Å². The Morgan fingerprint density at radius 3 is 2.55 bits per heavy atom. The zero-order valence-electron chi connectivity index (χ0n) is 12.4. The topological polar surface area (TPSA) is 86.8 Å². The van der Waals surface area contributed by atoms with E-state index >= 15 is 0 Å². The Morgan fingerprint density at radius 2 is 1.91 bits per heavy atom. The molecule has 4 rings (SSSR count). The van der Waals surface area contributed by atoms with Crippen LogP contribution in [0, 0.1) is 5.92 Å². The number of fused-ring (bicyclic) bond motifs is 1. The van der Waals surface area contributed by atoms with Gasteiger partial charge in [-0.05, 0) is 32.1 Å². The summed E-state index contributed by atoms with van der Waals surface area (Å²) < 4.78 is 25.7. The van der Waals surface area contributed by atoms with Gasteiger partial charge in [0.25, 0.3) is 5.91 Å². The van der Waals surface area contributed by atoms with Gasteiger partial charge in [-0.3, -0.25) is 14.5 Å². The number of carbonyl (C=O) groups is 2. The molecule has 2 aliphatic carbocycles. The third-order valence-electron chi connectivity index (χ3n) is 5.01. The highest BCUT2D eigenvalue weighted by Gasteiger charge is 2.50. The molecule has 4 fully saturated rings. The Morgan fingerprint density at radius 1 is 1.18 bits per heavy atom. The second-order valence-electron chi connectivity index (χ2n) is 6.91. The Labute approximate surface area is 130 Å². The molecule has 0 aromatic rings. The van der Waals surface area contributed by atoms with Crippen molar-refractivity contribution in [3.8, 4) is 0 Å². The van der Waals surface area contributed by atoms with Gasteiger partial charge in [0.2, 0.25) is 15.9 Å². The first-order valence-electron chi connectivity index (χ1n) is 8.06. The van der Waals surface area contributed by atoms with Crippen molar-refractivity contribution < 1.29 is 18.0 Å². The molecule has 22 heavy (non-hydrogen) atoms. The number of hydrogen-bond donors (Lipinski definition) is 1. The minimum atomic E-state index is -3.48. The summed E-state index contributed by atoms with van der Waals surface area (Å²) in [7, 11) is -3.48. The van der Waals surface area contributed by atoms with E-state index in [0.717, 1.165) is 30.0 Å². The van der Waals surface area contributed by atoms with Gasteiger partial charge >= 0.3 is 0 Å². The highest BCUT2D eigenvalue weighted by molar-refractivity contribution is 7.89. The van der Waals surface area contributed by atoms with Crippen molar-refractivity contribution in [1.29, 1.82) is 0 Å². The van der Waals surface area contributed by atoms with E-state index in [0.29, 0.717) is 19.5 Å². The largest absolute Gasteiger partial charge is 0.352 e. The maximum absolute atomic E-state index is 12.7. The molecule has 0 unspecified atom stereocenters. The fourth-order valence-corrected chi connectivity index (χ4v) is 5.23. The van der Waals surface area contributed by atoms with E-state index in [1.807, 2.05) is 4.90 Å². The van der Waals surface area contributed by atoms with E-state index < -0.39 is 16.1 Å². The summed E-state index contributed by atoms with van der Waals surface area (Å²) >= 11 is 0. The molecule has 0 spiro atoms. The van der Waals surface area contributed by atoms with E-state index in [9.17, 15) is 18.0 Å². The minimum Gasteiger partial charge on any atom is -0.352 e. The van der Waals surface area contributed by atoms with Crippen molar-refractivity contribution in [3.63, 3.8) is 0 Å². The maximum Gasteiger partial charge on any atom is 0.253 e. The Bertz CT molecular complexity index is 612. The van der Waals surface area contributed by atoms with E-state index in [4.69, 9.17) is 0 Å². The van der Waals surface area contributed by atoms with Crippen LogP contribution < -0.4 is 5.32 Å². The summed E-state index contributed by atoms with van der Waals surface area (Å²) in [5.41, 5.74) is 0. The lowest BCUT2D eigenvalue weighted by Crippen LogP contribution is -2.45. The van der Waals surface area contributed by atoms with Gasteiger partial charge in [0, 0.05) is 31.1 Å². The van der Waals surface area contributed by atoms with Gasteiger partial charge in [0.15, 0.2) is 0 Å². The van der Waals surface area contributed by atoms with E-state index in [1.165, 1.54) is 0 Å². The second kappa shape index (κ2) is 4.92. The van der Waals surface area contributed by atoms with Gasteiger partial charge in [0.05, 0.1) is 11.8 Å². The molecule has 7 nitrogen and oxygen atoms in total. The molecule has 2 saturated heterocycles. The molecule has 2 aliphatic heterocycles.